The van der Waals surface area contributed by atoms with Crippen molar-refractivity contribution in [3.63, 3.8) is 0 Å². The number of carbonyl (C=O) groups excluding carboxylic acids is 1. The Morgan fingerprint density at radius 2 is 1.86 bits per heavy atom. The van der Waals surface area contributed by atoms with Crippen molar-refractivity contribution in [1.82, 2.24) is 14.5 Å². The van der Waals surface area contributed by atoms with Crippen LogP contribution in [-0.2, 0) is 17.8 Å². The predicted molar refractivity (Wildman–Crippen MR) is 126 cm³/mol. The molecule has 4 rings (SSSR count). The van der Waals surface area contributed by atoms with E-state index >= 15 is 0 Å². The van der Waals surface area contributed by atoms with Gasteiger partial charge < -0.3 is 9.84 Å². The smallest absolute Gasteiger partial charge is 0.414 e. The number of fused-ring (bicyclic) bond motifs is 1. The number of rotatable bonds is 4. The lowest BCUT2D eigenvalue weighted by molar-refractivity contribution is 0.123. The zero-order chi connectivity index (χ0) is 25.3. The summed E-state index contributed by atoms with van der Waals surface area (Å²) < 4.78 is 20.8. The van der Waals surface area contributed by atoms with E-state index in [9.17, 15) is 23.9 Å². The number of carboxylic acid groups (broad SMARTS) is 1. The summed E-state index contributed by atoms with van der Waals surface area (Å²) >= 11 is 0. The minimum atomic E-state index is -1.13. The fraction of sp³-hybridized carbons (Fsp3) is 0.280. The van der Waals surface area contributed by atoms with Crippen LogP contribution in [0.25, 0.3) is 5.69 Å². The second-order valence-corrected chi connectivity index (χ2v) is 8.42. The first kappa shape index (κ1) is 23.9. The zero-order valence-corrected chi connectivity index (χ0v) is 19.5. The maximum absolute atomic E-state index is 14.3. The summed E-state index contributed by atoms with van der Waals surface area (Å²) in [6.07, 6.45) is -1.81. The highest BCUT2D eigenvalue weighted by molar-refractivity contribution is 5.83. The lowest BCUT2D eigenvalue weighted by atomic mass is 10.00. The summed E-state index contributed by atoms with van der Waals surface area (Å²) in [5.41, 5.74) is 1.89. The van der Waals surface area contributed by atoms with Crippen LogP contribution in [0.3, 0.4) is 0 Å². The van der Waals surface area contributed by atoms with Crippen molar-refractivity contribution >= 4 is 18.1 Å². The maximum Gasteiger partial charge on any atom is 0.414 e. The highest BCUT2D eigenvalue weighted by atomic mass is 19.1. The second kappa shape index (κ2) is 9.57. The van der Waals surface area contributed by atoms with E-state index in [0.29, 0.717) is 22.4 Å². The van der Waals surface area contributed by atoms with Crippen molar-refractivity contribution in [2.45, 2.75) is 39.8 Å². The molecular formula is C25H25FN4O5. The molecule has 3 aromatic rings. The standard InChI is InChI=1S/C25H25FN4O5/c1-14-11-18(12-15(2)20(14)26)30-22(31)19-9-10-29(25(33)34)16(3)21(19)27-23(30)28-24(32)35-13-17-7-5-4-6-8-17/h4-8,11-12,16H,9-10,13H2,1-3H3,(H,33,34)(H,27,28,32)/t16-/m0/s1. The van der Waals surface area contributed by atoms with Crippen molar-refractivity contribution < 1.29 is 23.8 Å². The topological polar surface area (TPSA) is 114 Å². The first-order chi connectivity index (χ1) is 16.7. The molecule has 0 spiro atoms. The summed E-state index contributed by atoms with van der Waals surface area (Å²) in [6.45, 7) is 4.92. The third-order valence-corrected chi connectivity index (χ3v) is 6.03. The molecule has 2 amide bonds. The number of benzene rings is 2. The van der Waals surface area contributed by atoms with Crippen molar-refractivity contribution in [2.75, 3.05) is 11.9 Å². The molecule has 2 heterocycles. The van der Waals surface area contributed by atoms with Crippen LogP contribution >= 0.6 is 0 Å². The third kappa shape index (κ3) is 4.72. The monoisotopic (exact) mass is 480 g/mol. The molecule has 0 radical (unpaired) electrons. The largest absolute Gasteiger partial charge is 0.465 e. The Hall–Kier alpha value is -4.21. The molecule has 0 bridgehead atoms. The number of amides is 2. The van der Waals surface area contributed by atoms with Gasteiger partial charge in [0.05, 0.1) is 17.4 Å². The molecule has 0 aliphatic carbocycles. The van der Waals surface area contributed by atoms with Gasteiger partial charge in [0.2, 0.25) is 5.95 Å². The number of hydrogen-bond acceptors (Lipinski definition) is 5. The molecule has 0 saturated heterocycles. The van der Waals surface area contributed by atoms with E-state index in [4.69, 9.17) is 4.74 Å². The predicted octanol–water partition coefficient (Wildman–Crippen LogP) is 4.33. The van der Waals surface area contributed by atoms with E-state index in [1.807, 2.05) is 18.2 Å². The number of nitrogens with zero attached hydrogens (tertiary/aromatic N) is 3. The first-order valence-electron chi connectivity index (χ1n) is 11.1. The van der Waals surface area contributed by atoms with Gasteiger partial charge in [0.25, 0.3) is 5.56 Å². The van der Waals surface area contributed by atoms with Gasteiger partial charge >= 0.3 is 12.2 Å². The summed E-state index contributed by atoms with van der Waals surface area (Å²) in [7, 11) is 0. The average molecular weight is 480 g/mol. The van der Waals surface area contributed by atoms with Crippen LogP contribution in [0.1, 0.15) is 40.9 Å². The van der Waals surface area contributed by atoms with Crippen LogP contribution in [0.5, 0.6) is 0 Å². The molecule has 182 valence electrons. The first-order valence-corrected chi connectivity index (χ1v) is 11.1. The maximum atomic E-state index is 14.3. The van der Waals surface area contributed by atoms with Crippen LogP contribution in [0.2, 0.25) is 0 Å². The second-order valence-electron chi connectivity index (χ2n) is 8.42. The summed E-state index contributed by atoms with van der Waals surface area (Å²) in [5, 5.41) is 12.0. The van der Waals surface area contributed by atoms with Gasteiger partial charge in [-0.15, -0.1) is 0 Å². The van der Waals surface area contributed by atoms with Crippen molar-refractivity contribution in [2.24, 2.45) is 0 Å². The molecule has 1 aliphatic heterocycles. The molecule has 1 aliphatic rings. The minimum absolute atomic E-state index is 0.000193. The molecule has 0 fully saturated rings. The lowest BCUT2D eigenvalue weighted by Gasteiger charge is -2.32. The Labute approximate surface area is 200 Å². The Bertz CT molecular complexity index is 1330. The Morgan fingerprint density at radius 3 is 2.49 bits per heavy atom. The van der Waals surface area contributed by atoms with E-state index < -0.39 is 29.6 Å². The molecule has 9 nitrogen and oxygen atoms in total. The molecule has 1 atom stereocenters. The van der Waals surface area contributed by atoms with E-state index in [-0.39, 0.29) is 31.2 Å². The molecule has 1 aromatic heterocycles. The van der Waals surface area contributed by atoms with Gasteiger partial charge in [-0.2, -0.15) is 0 Å². The quantitative estimate of drug-likeness (QED) is 0.575. The molecule has 10 heteroatoms. The van der Waals surface area contributed by atoms with Gasteiger partial charge in [-0.05, 0) is 56.0 Å². The minimum Gasteiger partial charge on any atom is -0.465 e. The van der Waals surface area contributed by atoms with E-state index in [2.05, 4.69) is 10.3 Å². The van der Waals surface area contributed by atoms with Crippen molar-refractivity contribution in [3.05, 3.63) is 86.6 Å². The van der Waals surface area contributed by atoms with Crippen LogP contribution in [0, 0.1) is 19.7 Å². The van der Waals surface area contributed by atoms with Crippen LogP contribution in [0.15, 0.2) is 47.3 Å². The number of halogens is 1. The summed E-state index contributed by atoms with van der Waals surface area (Å²) in [4.78, 5) is 43.5. The van der Waals surface area contributed by atoms with Gasteiger partial charge in [0.1, 0.15) is 12.4 Å². The molecule has 0 saturated carbocycles. The van der Waals surface area contributed by atoms with E-state index in [0.717, 1.165) is 5.56 Å². The van der Waals surface area contributed by atoms with Crippen molar-refractivity contribution in [1.29, 1.82) is 0 Å². The summed E-state index contributed by atoms with van der Waals surface area (Å²) in [6, 6.07) is 11.4. The van der Waals surface area contributed by atoms with Gasteiger partial charge in [-0.1, -0.05) is 30.3 Å². The molecule has 2 aromatic carbocycles. The summed E-state index contributed by atoms with van der Waals surface area (Å²) in [5.74, 6) is -0.536. The third-order valence-electron chi connectivity index (χ3n) is 6.03. The average Bonchev–Trinajstić information content (AvgIpc) is 2.82. The zero-order valence-electron chi connectivity index (χ0n) is 19.5. The van der Waals surface area contributed by atoms with Crippen molar-refractivity contribution in [3.8, 4) is 5.69 Å². The van der Waals surface area contributed by atoms with Gasteiger partial charge in [-0.3, -0.25) is 15.0 Å². The SMILES string of the molecule is Cc1cc(-n2c(NC(=O)OCc3ccccc3)nc3c(c2=O)CCN(C(=O)O)[C@H]3C)cc(C)c1F. The fourth-order valence-corrected chi connectivity index (χ4v) is 4.21. The lowest BCUT2D eigenvalue weighted by Crippen LogP contribution is -2.42. The number of ether oxygens (including phenoxy) is 1. The molecule has 2 N–H and O–H groups in total. The number of carbonyl (C=O) groups is 2. The Balaban J connectivity index is 1.78. The van der Waals surface area contributed by atoms with Gasteiger partial charge in [0.15, 0.2) is 0 Å². The number of aryl methyl sites for hydroxylation is 2. The number of nitrogens with one attached hydrogen (secondary N) is 1. The fourth-order valence-electron chi connectivity index (χ4n) is 4.21. The molecular weight excluding hydrogens is 455 g/mol. The van der Waals surface area contributed by atoms with Crippen LogP contribution in [-0.4, -0.2) is 38.3 Å². The van der Waals surface area contributed by atoms with E-state index in [1.54, 1.807) is 32.9 Å². The van der Waals surface area contributed by atoms with Crippen LogP contribution < -0.4 is 10.9 Å². The Kier molecular flexibility index (Phi) is 6.54. The number of hydrogen-bond donors (Lipinski definition) is 2. The highest BCUT2D eigenvalue weighted by Crippen LogP contribution is 2.29. The Morgan fingerprint density at radius 1 is 1.20 bits per heavy atom. The normalized spacial score (nSPS) is 14.9. The van der Waals surface area contributed by atoms with Gasteiger partial charge in [0, 0.05) is 12.1 Å². The van der Waals surface area contributed by atoms with Gasteiger partial charge in [-0.25, -0.2) is 23.5 Å². The number of anilines is 1. The van der Waals surface area contributed by atoms with E-state index in [1.165, 1.54) is 21.6 Å². The number of aromatic nitrogens is 2. The van der Waals surface area contributed by atoms with Crippen LogP contribution in [0.4, 0.5) is 19.9 Å². The highest BCUT2D eigenvalue weighted by Gasteiger charge is 2.32. The molecule has 35 heavy (non-hydrogen) atoms. The molecule has 0 unspecified atom stereocenters.